The lowest BCUT2D eigenvalue weighted by Gasteiger charge is -2.41. The van der Waals surface area contributed by atoms with Gasteiger partial charge in [0.1, 0.15) is 0 Å². The Morgan fingerprint density at radius 1 is 1.00 bits per heavy atom. The van der Waals surface area contributed by atoms with Crippen LogP contribution in [0.4, 0.5) is 0 Å². The van der Waals surface area contributed by atoms with Gasteiger partial charge in [0.2, 0.25) is 0 Å². The molecule has 0 aromatic rings. The van der Waals surface area contributed by atoms with Gasteiger partial charge in [0.25, 0.3) is 0 Å². The number of fused-ring (bicyclic) bond motifs is 2. The van der Waals surface area contributed by atoms with E-state index >= 15 is 0 Å². The Bertz CT molecular complexity index is 156. The zero-order chi connectivity index (χ0) is 8.77. The van der Waals surface area contributed by atoms with E-state index in [1.807, 2.05) is 0 Å². The first-order valence-electron chi connectivity index (χ1n) is 5.31. The molecule has 1 heteroatoms. The van der Waals surface area contributed by atoms with Crippen LogP contribution in [-0.4, -0.2) is 23.5 Å². The molecule has 0 radical (unpaired) electrons. The van der Waals surface area contributed by atoms with E-state index in [0.717, 1.165) is 11.8 Å². The number of nitrogens with zero attached hydrogens (tertiary/aromatic N) is 1. The summed E-state index contributed by atoms with van der Waals surface area (Å²) >= 11 is 0. The van der Waals surface area contributed by atoms with Crippen LogP contribution < -0.4 is 0 Å². The van der Waals surface area contributed by atoms with Crippen LogP contribution in [0.1, 0.15) is 40.0 Å². The van der Waals surface area contributed by atoms with E-state index in [9.17, 15) is 0 Å². The van der Waals surface area contributed by atoms with Crippen LogP contribution in [0.25, 0.3) is 0 Å². The lowest BCUT2D eigenvalue weighted by molar-refractivity contribution is 0.0736. The van der Waals surface area contributed by atoms with E-state index in [4.69, 9.17) is 0 Å². The van der Waals surface area contributed by atoms with E-state index < -0.39 is 0 Å². The molecule has 2 atom stereocenters. The second kappa shape index (κ2) is 2.73. The quantitative estimate of drug-likeness (QED) is 0.536. The molecule has 1 saturated carbocycles. The summed E-state index contributed by atoms with van der Waals surface area (Å²) in [6.45, 7) is 9.76. The molecule has 1 aliphatic carbocycles. The van der Waals surface area contributed by atoms with Gasteiger partial charge in [-0.2, -0.15) is 0 Å². The molecule has 0 unspecified atom stereocenters. The van der Waals surface area contributed by atoms with Crippen LogP contribution in [0.15, 0.2) is 0 Å². The van der Waals surface area contributed by atoms with Gasteiger partial charge in [-0.3, -0.25) is 4.90 Å². The molecule has 0 aromatic carbocycles. The third-order valence-corrected chi connectivity index (χ3v) is 3.56. The predicted molar refractivity (Wildman–Crippen MR) is 52.2 cm³/mol. The fraction of sp³-hybridized carbons (Fsp3) is 1.00. The van der Waals surface area contributed by atoms with Crippen LogP contribution in [-0.2, 0) is 0 Å². The molecule has 0 aromatic heterocycles. The molecule has 2 aliphatic rings. The first kappa shape index (κ1) is 8.55. The fourth-order valence-corrected chi connectivity index (χ4v) is 2.76. The van der Waals surface area contributed by atoms with Gasteiger partial charge in [-0.05, 0) is 51.9 Å². The molecule has 2 bridgehead atoms. The Labute approximate surface area is 76.1 Å². The van der Waals surface area contributed by atoms with Gasteiger partial charge in [0.05, 0.1) is 0 Å². The van der Waals surface area contributed by atoms with E-state index in [1.54, 1.807) is 0 Å². The summed E-state index contributed by atoms with van der Waals surface area (Å²) in [6, 6.07) is 0. The first-order chi connectivity index (χ1) is 5.55. The molecule has 2 rings (SSSR count). The molecule has 12 heavy (non-hydrogen) atoms. The number of piperidine rings is 1. The normalized spacial score (nSPS) is 37.2. The van der Waals surface area contributed by atoms with E-state index in [-0.39, 0.29) is 0 Å². The zero-order valence-electron chi connectivity index (χ0n) is 8.64. The minimum atomic E-state index is 0.404. The number of hydrogen-bond acceptors (Lipinski definition) is 1. The van der Waals surface area contributed by atoms with Crippen molar-refractivity contribution < 1.29 is 0 Å². The Hall–Kier alpha value is -0.0400. The Balaban J connectivity index is 2.03. The van der Waals surface area contributed by atoms with Crippen molar-refractivity contribution in [3.8, 4) is 0 Å². The van der Waals surface area contributed by atoms with Crippen molar-refractivity contribution in [2.24, 2.45) is 11.8 Å². The van der Waals surface area contributed by atoms with Gasteiger partial charge >= 0.3 is 0 Å². The van der Waals surface area contributed by atoms with Crippen LogP contribution in [0.3, 0.4) is 0 Å². The highest BCUT2D eigenvalue weighted by molar-refractivity contribution is 4.90. The van der Waals surface area contributed by atoms with Crippen molar-refractivity contribution in [3.05, 3.63) is 0 Å². The van der Waals surface area contributed by atoms with Gasteiger partial charge in [-0.25, -0.2) is 0 Å². The average Bonchev–Trinajstić information content (AvgIpc) is 2.28. The molecule has 1 nitrogen and oxygen atoms in total. The summed E-state index contributed by atoms with van der Waals surface area (Å²) in [5, 5.41) is 0. The summed E-state index contributed by atoms with van der Waals surface area (Å²) in [4.78, 5) is 2.68. The molecule has 0 N–H and O–H groups in total. The van der Waals surface area contributed by atoms with Crippen molar-refractivity contribution in [3.63, 3.8) is 0 Å². The molecule has 1 heterocycles. The highest BCUT2D eigenvalue weighted by Crippen LogP contribution is 2.38. The lowest BCUT2D eigenvalue weighted by atomic mass is 9.94. The van der Waals surface area contributed by atoms with Crippen LogP contribution >= 0.6 is 0 Å². The molecule has 0 spiro atoms. The van der Waals surface area contributed by atoms with Crippen molar-refractivity contribution in [1.82, 2.24) is 4.90 Å². The second-order valence-corrected chi connectivity index (χ2v) is 5.62. The predicted octanol–water partition coefficient (Wildman–Crippen LogP) is 2.52. The number of likely N-dealkylation sites (tertiary alicyclic amines) is 1. The summed E-state index contributed by atoms with van der Waals surface area (Å²) in [5.41, 5.74) is 0.404. The smallest absolute Gasteiger partial charge is 0.0125 e. The van der Waals surface area contributed by atoms with Crippen LogP contribution in [0.5, 0.6) is 0 Å². The third kappa shape index (κ3) is 1.52. The van der Waals surface area contributed by atoms with E-state index in [0.29, 0.717) is 5.54 Å². The standard InChI is InChI=1S/C11H21N/c1-11(2,3)12-7-9-4-5-10(6-9)8-12/h9-10H,4-8H2,1-3H3/t9-,10+. The minimum Gasteiger partial charge on any atom is -0.298 e. The molecular formula is C11H21N. The van der Waals surface area contributed by atoms with Crippen LogP contribution in [0, 0.1) is 11.8 Å². The van der Waals surface area contributed by atoms with Crippen molar-refractivity contribution >= 4 is 0 Å². The van der Waals surface area contributed by atoms with Gasteiger partial charge < -0.3 is 0 Å². The summed E-state index contributed by atoms with van der Waals surface area (Å²) in [6.07, 6.45) is 4.51. The highest BCUT2D eigenvalue weighted by atomic mass is 15.2. The Morgan fingerprint density at radius 2 is 1.50 bits per heavy atom. The largest absolute Gasteiger partial charge is 0.298 e. The maximum absolute atomic E-state index is 2.68. The SMILES string of the molecule is CC(C)(C)N1C[C@@H]2CC[C@@H](C2)C1. The maximum Gasteiger partial charge on any atom is 0.0125 e. The highest BCUT2D eigenvalue weighted by Gasteiger charge is 2.36. The molecule has 0 amide bonds. The molecule has 1 saturated heterocycles. The topological polar surface area (TPSA) is 3.24 Å². The third-order valence-electron chi connectivity index (χ3n) is 3.56. The molecular weight excluding hydrogens is 146 g/mol. The minimum absolute atomic E-state index is 0.404. The van der Waals surface area contributed by atoms with E-state index in [2.05, 4.69) is 25.7 Å². The van der Waals surface area contributed by atoms with Gasteiger partial charge in [0, 0.05) is 18.6 Å². The summed E-state index contributed by atoms with van der Waals surface area (Å²) in [5.74, 6) is 2.06. The maximum atomic E-state index is 2.68. The fourth-order valence-electron chi connectivity index (χ4n) is 2.76. The van der Waals surface area contributed by atoms with Crippen LogP contribution in [0.2, 0.25) is 0 Å². The molecule has 2 fully saturated rings. The summed E-state index contributed by atoms with van der Waals surface area (Å²) in [7, 11) is 0. The van der Waals surface area contributed by atoms with E-state index in [1.165, 1.54) is 32.4 Å². The number of rotatable bonds is 0. The van der Waals surface area contributed by atoms with Gasteiger partial charge in [-0.1, -0.05) is 0 Å². The van der Waals surface area contributed by atoms with Crippen molar-refractivity contribution in [1.29, 1.82) is 0 Å². The van der Waals surface area contributed by atoms with Crippen molar-refractivity contribution in [2.45, 2.75) is 45.6 Å². The molecule has 1 aliphatic heterocycles. The molecule has 70 valence electrons. The number of hydrogen-bond donors (Lipinski definition) is 0. The Morgan fingerprint density at radius 3 is 1.92 bits per heavy atom. The van der Waals surface area contributed by atoms with Crippen molar-refractivity contribution in [2.75, 3.05) is 13.1 Å². The van der Waals surface area contributed by atoms with Gasteiger partial charge in [0.15, 0.2) is 0 Å². The second-order valence-electron chi connectivity index (χ2n) is 5.62. The summed E-state index contributed by atoms with van der Waals surface area (Å²) < 4.78 is 0. The van der Waals surface area contributed by atoms with Gasteiger partial charge in [-0.15, -0.1) is 0 Å². The lowest BCUT2D eigenvalue weighted by Crippen LogP contribution is -2.47. The Kier molecular flexibility index (Phi) is 1.95. The first-order valence-corrected chi connectivity index (χ1v) is 5.31. The monoisotopic (exact) mass is 167 g/mol. The zero-order valence-corrected chi connectivity index (χ0v) is 8.64. The average molecular weight is 167 g/mol.